The van der Waals surface area contributed by atoms with E-state index < -0.39 is 0 Å². The zero-order valence-electron chi connectivity index (χ0n) is 17.5. The number of amides is 2. The number of hydrogen-bond donors (Lipinski definition) is 2. The monoisotopic (exact) mass is 419 g/mol. The second kappa shape index (κ2) is 9.05. The quantitative estimate of drug-likeness (QED) is 0.525. The molecule has 3 aromatic rings. The molecule has 0 atom stereocenters. The molecule has 0 spiro atoms. The normalized spacial score (nSPS) is 11.5. The first-order chi connectivity index (χ1) is 14.2. The van der Waals surface area contributed by atoms with Crippen LogP contribution in [0.25, 0.3) is 6.08 Å². The molecule has 0 saturated carbocycles. The molecule has 6 heteroatoms. The van der Waals surface area contributed by atoms with Gasteiger partial charge < -0.3 is 10.6 Å². The maximum absolute atomic E-state index is 12.7. The SMILES string of the molecule is Cc1nc(/C=C/C(=O)Nc2ccccc2NC(=O)c2ccc(C(C)(C)C)cc2)cs1. The van der Waals surface area contributed by atoms with Crippen LogP contribution in [0.2, 0.25) is 0 Å². The Morgan fingerprint density at radius 2 is 1.60 bits per heavy atom. The Morgan fingerprint density at radius 1 is 0.967 bits per heavy atom. The Morgan fingerprint density at radius 3 is 2.17 bits per heavy atom. The number of rotatable bonds is 5. The third kappa shape index (κ3) is 5.64. The zero-order valence-corrected chi connectivity index (χ0v) is 18.3. The van der Waals surface area contributed by atoms with Crippen LogP contribution in [0, 0.1) is 6.92 Å². The van der Waals surface area contributed by atoms with Crippen molar-refractivity contribution in [2.45, 2.75) is 33.1 Å². The van der Waals surface area contributed by atoms with Crippen molar-refractivity contribution < 1.29 is 9.59 Å². The topological polar surface area (TPSA) is 71.1 Å². The van der Waals surface area contributed by atoms with Crippen molar-refractivity contribution in [1.82, 2.24) is 4.98 Å². The Balaban J connectivity index is 1.69. The fraction of sp³-hybridized carbons (Fsp3) is 0.208. The van der Waals surface area contributed by atoms with E-state index >= 15 is 0 Å². The largest absolute Gasteiger partial charge is 0.321 e. The van der Waals surface area contributed by atoms with Crippen LogP contribution in [0.15, 0.2) is 60.0 Å². The molecule has 2 amide bonds. The van der Waals surface area contributed by atoms with Gasteiger partial charge in [-0.3, -0.25) is 9.59 Å². The number of benzene rings is 2. The molecule has 2 N–H and O–H groups in total. The van der Waals surface area contributed by atoms with Crippen LogP contribution >= 0.6 is 11.3 Å². The molecular weight excluding hydrogens is 394 g/mol. The molecule has 2 aromatic carbocycles. The van der Waals surface area contributed by atoms with Gasteiger partial charge in [0.15, 0.2) is 0 Å². The average molecular weight is 420 g/mol. The minimum absolute atomic E-state index is 0.0244. The van der Waals surface area contributed by atoms with E-state index in [9.17, 15) is 9.59 Å². The molecule has 0 radical (unpaired) electrons. The molecule has 1 heterocycles. The second-order valence-electron chi connectivity index (χ2n) is 7.94. The fourth-order valence-corrected chi connectivity index (χ4v) is 3.39. The van der Waals surface area contributed by atoms with Crippen LogP contribution in [0.5, 0.6) is 0 Å². The van der Waals surface area contributed by atoms with E-state index in [0.717, 1.165) is 16.3 Å². The lowest BCUT2D eigenvalue weighted by Gasteiger charge is -2.19. The van der Waals surface area contributed by atoms with Gasteiger partial charge in [-0.2, -0.15) is 0 Å². The lowest BCUT2D eigenvalue weighted by atomic mass is 9.87. The zero-order chi connectivity index (χ0) is 21.7. The van der Waals surface area contributed by atoms with Gasteiger partial charge in [0.25, 0.3) is 5.91 Å². The van der Waals surface area contributed by atoms with Crippen molar-refractivity contribution >= 4 is 40.6 Å². The van der Waals surface area contributed by atoms with Gasteiger partial charge in [-0.1, -0.05) is 45.0 Å². The van der Waals surface area contributed by atoms with Gasteiger partial charge in [-0.25, -0.2) is 4.98 Å². The van der Waals surface area contributed by atoms with Gasteiger partial charge in [-0.15, -0.1) is 11.3 Å². The van der Waals surface area contributed by atoms with Gasteiger partial charge in [0.1, 0.15) is 0 Å². The van der Waals surface area contributed by atoms with Gasteiger partial charge >= 0.3 is 0 Å². The number of anilines is 2. The summed E-state index contributed by atoms with van der Waals surface area (Å²) in [5.41, 5.74) is 3.55. The molecule has 0 aliphatic heterocycles. The molecule has 0 aliphatic carbocycles. The lowest BCUT2D eigenvalue weighted by Crippen LogP contribution is -2.16. The first-order valence-corrected chi connectivity index (χ1v) is 10.5. The number of nitrogens with zero attached hydrogens (tertiary/aromatic N) is 1. The van der Waals surface area contributed by atoms with Gasteiger partial charge in [-0.05, 0) is 48.2 Å². The fourth-order valence-electron chi connectivity index (χ4n) is 2.81. The number of hydrogen-bond acceptors (Lipinski definition) is 4. The number of nitrogens with one attached hydrogen (secondary N) is 2. The van der Waals surface area contributed by atoms with Crippen molar-refractivity contribution in [3.63, 3.8) is 0 Å². The minimum Gasteiger partial charge on any atom is -0.321 e. The molecule has 30 heavy (non-hydrogen) atoms. The minimum atomic E-state index is -0.295. The van der Waals surface area contributed by atoms with Crippen LogP contribution in [0.3, 0.4) is 0 Å². The smallest absolute Gasteiger partial charge is 0.255 e. The van der Waals surface area contributed by atoms with E-state index in [-0.39, 0.29) is 17.2 Å². The molecule has 5 nitrogen and oxygen atoms in total. The highest BCUT2D eigenvalue weighted by Crippen LogP contribution is 2.24. The first-order valence-electron chi connectivity index (χ1n) is 9.64. The summed E-state index contributed by atoms with van der Waals surface area (Å²) in [4.78, 5) is 29.3. The van der Waals surface area contributed by atoms with Crippen LogP contribution in [0.1, 0.15) is 47.4 Å². The summed E-state index contributed by atoms with van der Waals surface area (Å²) in [5, 5.41) is 8.52. The van der Waals surface area contributed by atoms with Crippen molar-refractivity contribution in [1.29, 1.82) is 0 Å². The number of aromatic nitrogens is 1. The third-order valence-electron chi connectivity index (χ3n) is 4.49. The molecule has 0 saturated heterocycles. The van der Waals surface area contributed by atoms with Crippen molar-refractivity contribution in [2.75, 3.05) is 10.6 Å². The van der Waals surface area contributed by atoms with E-state index in [1.54, 1.807) is 24.3 Å². The predicted octanol–water partition coefficient (Wildman–Crippen LogP) is 5.65. The summed E-state index contributed by atoms with van der Waals surface area (Å²) >= 11 is 1.53. The molecule has 3 rings (SSSR count). The van der Waals surface area contributed by atoms with E-state index in [1.807, 2.05) is 42.6 Å². The second-order valence-corrected chi connectivity index (χ2v) is 9.00. The van der Waals surface area contributed by atoms with Gasteiger partial charge in [0.2, 0.25) is 5.91 Å². The summed E-state index contributed by atoms with van der Waals surface area (Å²) in [6.07, 6.45) is 3.09. The maximum Gasteiger partial charge on any atom is 0.255 e. The van der Waals surface area contributed by atoms with E-state index in [4.69, 9.17) is 0 Å². The summed E-state index contributed by atoms with van der Waals surface area (Å²) in [6, 6.07) is 14.7. The van der Waals surface area contributed by atoms with E-state index in [0.29, 0.717) is 16.9 Å². The molecule has 154 valence electrons. The highest BCUT2D eigenvalue weighted by molar-refractivity contribution is 7.09. The summed E-state index contributed by atoms with van der Waals surface area (Å²) in [7, 11) is 0. The van der Waals surface area contributed by atoms with Crippen LogP contribution in [-0.4, -0.2) is 16.8 Å². The number of carbonyl (C=O) groups excluding carboxylic acids is 2. The molecule has 1 aromatic heterocycles. The number of para-hydroxylation sites is 2. The Hall–Kier alpha value is -3.25. The van der Waals surface area contributed by atoms with Gasteiger partial charge in [0, 0.05) is 17.0 Å². The molecule has 0 fully saturated rings. The standard InChI is InChI=1S/C24H25N3O2S/c1-16-25-19(15-30-16)13-14-22(28)26-20-7-5-6-8-21(20)27-23(29)17-9-11-18(12-10-17)24(2,3)4/h5-15H,1-4H3,(H,26,28)(H,27,29)/b14-13+. The third-order valence-corrected chi connectivity index (χ3v) is 5.28. The van der Waals surface area contributed by atoms with Crippen molar-refractivity contribution in [3.8, 4) is 0 Å². The number of thiazole rings is 1. The van der Waals surface area contributed by atoms with E-state index in [1.165, 1.54) is 17.4 Å². The molecular formula is C24H25N3O2S. The Bertz CT molecular complexity index is 1080. The first kappa shape index (κ1) is 21.5. The molecule has 0 unspecified atom stereocenters. The van der Waals surface area contributed by atoms with Gasteiger partial charge in [0.05, 0.1) is 22.1 Å². The van der Waals surface area contributed by atoms with Crippen molar-refractivity contribution in [2.24, 2.45) is 0 Å². The van der Waals surface area contributed by atoms with Crippen LogP contribution in [-0.2, 0) is 10.2 Å². The Labute approximate surface area is 180 Å². The highest BCUT2D eigenvalue weighted by Gasteiger charge is 2.15. The predicted molar refractivity (Wildman–Crippen MR) is 124 cm³/mol. The number of aryl methyl sites for hydroxylation is 1. The molecule has 0 bridgehead atoms. The summed E-state index contributed by atoms with van der Waals surface area (Å²) < 4.78 is 0. The summed E-state index contributed by atoms with van der Waals surface area (Å²) in [5.74, 6) is -0.525. The van der Waals surface area contributed by atoms with E-state index in [2.05, 4.69) is 36.4 Å². The number of carbonyl (C=O) groups is 2. The highest BCUT2D eigenvalue weighted by atomic mass is 32.1. The summed E-state index contributed by atoms with van der Waals surface area (Å²) in [6.45, 7) is 8.30. The van der Waals surface area contributed by atoms with Crippen molar-refractivity contribution in [3.05, 3.63) is 81.8 Å². The lowest BCUT2D eigenvalue weighted by molar-refractivity contribution is -0.111. The van der Waals surface area contributed by atoms with Crippen LogP contribution < -0.4 is 10.6 Å². The average Bonchev–Trinajstić information content (AvgIpc) is 3.12. The van der Waals surface area contributed by atoms with Crippen LogP contribution in [0.4, 0.5) is 11.4 Å². The Kier molecular flexibility index (Phi) is 6.47. The molecule has 0 aliphatic rings. The maximum atomic E-state index is 12.7.